The fraction of sp³-hybridized carbons (Fsp3) is 0.571. The van der Waals surface area contributed by atoms with Crippen molar-refractivity contribution in [1.82, 2.24) is 19.7 Å². The van der Waals surface area contributed by atoms with Gasteiger partial charge in [0.2, 0.25) is 5.91 Å². The highest BCUT2D eigenvalue weighted by Gasteiger charge is 2.05. The first-order chi connectivity index (χ1) is 6.24. The highest BCUT2D eigenvalue weighted by molar-refractivity contribution is 5.77. The molecule has 0 aliphatic carbocycles. The smallest absolute Gasteiger partial charge is 0.236 e. The number of likely N-dealkylation sites (N-methyl/N-ethyl adjacent to an activating group) is 1. The van der Waals surface area contributed by atoms with Crippen LogP contribution in [0.15, 0.2) is 12.7 Å². The van der Waals surface area contributed by atoms with E-state index in [4.69, 9.17) is 5.73 Å². The zero-order chi connectivity index (χ0) is 9.68. The number of nitrogens with zero attached hydrogens (tertiary/aromatic N) is 4. The van der Waals surface area contributed by atoms with Crippen molar-refractivity contribution in [2.24, 2.45) is 5.73 Å². The average Bonchev–Trinajstić information content (AvgIpc) is 2.65. The summed E-state index contributed by atoms with van der Waals surface area (Å²) in [5.41, 5.74) is 5.20. The minimum Gasteiger partial charge on any atom is -0.343 e. The van der Waals surface area contributed by atoms with Crippen LogP contribution in [0.4, 0.5) is 0 Å². The zero-order valence-electron chi connectivity index (χ0n) is 7.55. The van der Waals surface area contributed by atoms with Gasteiger partial charge in [-0.2, -0.15) is 5.10 Å². The number of hydrogen-bond acceptors (Lipinski definition) is 4. The fourth-order valence-corrected chi connectivity index (χ4v) is 0.881. The first-order valence-corrected chi connectivity index (χ1v) is 4.00. The van der Waals surface area contributed by atoms with Gasteiger partial charge < -0.3 is 10.6 Å². The van der Waals surface area contributed by atoms with E-state index < -0.39 is 0 Å². The van der Waals surface area contributed by atoms with Crippen molar-refractivity contribution in [1.29, 1.82) is 0 Å². The normalized spacial score (nSPS) is 10.0. The lowest BCUT2D eigenvalue weighted by molar-refractivity contribution is -0.128. The Morgan fingerprint density at radius 2 is 2.46 bits per heavy atom. The van der Waals surface area contributed by atoms with Gasteiger partial charge in [-0.25, -0.2) is 4.98 Å². The van der Waals surface area contributed by atoms with Gasteiger partial charge in [0.25, 0.3) is 0 Å². The molecule has 1 aromatic heterocycles. The maximum Gasteiger partial charge on any atom is 0.236 e. The monoisotopic (exact) mass is 183 g/mol. The maximum atomic E-state index is 11.0. The van der Waals surface area contributed by atoms with Crippen molar-refractivity contribution < 1.29 is 4.79 Å². The number of hydrogen-bond donors (Lipinski definition) is 1. The van der Waals surface area contributed by atoms with Crippen LogP contribution in [0.2, 0.25) is 0 Å². The van der Waals surface area contributed by atoms with Gasteiger partial charge >= 0.3 is 0 Å². The lowest BCUT2D eigenvalue weighted by atomic mass is 10.5. The first-order valence-electron chi connectivity index (χ1n) is 4.00. The van der Waals surface area contributed by atoms with Gasteiger partial charge in [0.15, 0.2) is 0 Å². The van der Waals surface area contributed by atoms with Gasteiger partial charge in [-0.15, -0.1) is 0 Å². The summed E-state index contributed by atoms with van der Waals surface area (Å²) in [6, 6.07) is 0. The van der Waals surface area contributed by atoms with E-state index in [1.165, 1.54) is 6.33 Å². The molecule has 6 nitrogen and oxygen atoms in total. The minimum absolute atomic E-state index is 0.0495. The Kier molecular flexibility index (Phi) is 3.39. The molecule has 2 N–H and O–H groups in total. The highest BCUT2D eigenvalue weighted by Crippen LogP contribution is 1.86. The number of nitrogens with two attached hydrogens (primary N) is 1. The van der Waals surface area contributed by atoms with Crippen LogP contribution in [0.5, 0.6) is 0 Å². The minimum atomic E-state index is -0.0693. The second-order valence-electron chi connectivity index (χ2n) is 2.68. The molecule has 72 valence electrons. The van der Waals surface area contributed by atoms with Crippen LogP contribution in [-0.2, 0) is 11.3 Å². The molecule has 0 aliphatic rings. The van der Waals surface area contributed by atoms with Gasteiger partial charge in [-0.05, 0) is 0 Å². The van der Waals surface area contributed by atoms with Crippen LogP contribution >= 0.6 is 0 Å². The van der Waals surface area contributed by atoms with Crippen molar-refractivity contribution >= 4 is 5.91 Å². The molecular formula is C7H13N5O. The Hall–Kier alpha value is -1.43. The highest BCUT2D eigenvalue weighted by atomic mass is 16.2. The molecule has 1 heterocycles. The molecule has 13 heavy (non-hydrogen) atoms. The van der Waals surface area contributed by atoms with Gasteiger partial charge in [-0.1, -0.05) is 0 Å². The molecule has 0 saturated carbocycles. The van der Waals surface area contributed by atoms with E-state index in [9.17, 15) is 4.79 Å². The molecule has 0 saturated heterocycles. The molecule has 0 bridgehead atoms. The van der Waals surface area contributed by atoms with Gasteiger partial charge in [0.05, 0.1) is 13.1 Å². The van der Waals surface area contributed by atoms with E-state index in [1.807, 2.05) is 0 Å². The summed E-state index contributed by atoms with van der Waals surface area (Å²) in [6.45, 7) is 1.29. The Bertz CT molecular complexity index is 258. The Morgan fingerprint density at radius 1 is 1.69 bits per heavy atom. The summed E-state index contributed by atoms with van der Waals surface area (Å²) in [7, 11) is 1.71. The maximum absolute atomic E-state index is 11.0. The molecule has 0 spiro atoms. The number of amides is 1. The van der Waals surface area contributed by atoms with E-state index in [-0.39, 0.29) is 12.5 Å². The summed E-state index contributed by atoms with van der Waals surface area (Å²) in [5, 5.41) is 3.91. The third-order valence-corrected chi connectivity index (χ3v) is 1.73. The van der Waals surface area contributed by atoms with Gasteiger partial charge in [0.1, 0.15) is 12.7 Å². The predicted molar refractivity (Wildman–Crippen MR) is 46.7 cm³/mol. The molecule has 1 rings (SSSR count). The third-order valence-electron chi connectivity index (χ3n) is 1.73. The van der Waals surface area contributed by atoms with Crippen molar-refractivity contribution in [3.63, 3.8) is 0 Å². The molecule has 0 aliphatic heterocycles. The van der Waals surface area contributed by atoms with Gasteiger partial charge in [0, 0.05) is 13.6 Å². The van der Waals surface area contributed by atoms with Crippen molar-refractivity contribution in [2.45, 2.75) is 6.54 Å². The molecular weight excluding hydrogens is 170 g/mol. The zero-order valence-corrected chi connectivity index (χ0v) is 7.55. The molecule has 0 aromatic carbocycles. The van der Waals surface area contributed by atoms with Crippen molar-refractivity contribution in [3.05, 3.63) is 12.7 Å². The number of aromatic nitrogens is 3. The Labute approximate surface area is 76.3 Å². The number of rotatable bonds is 4. The van der Waals surface area contributed by atoms with Crippen LogP contribution in [0.25, 0.3) is 0 Å². The SMILES string of the molecule is CN(CCn1cncn1)C(=O)CN. The molecule has 0 unspecified atom stereocenters. The van der Waals surface area contributed by atoms with E-state index in [0.717, 1.165) is 0 Å². The molecule has 0 atom stereocenters. The number of carbonyl (C=O) groups is 1. The standard InChI is InChI=1S/C7H13N5O/c1-11(7(13)4-8)2-3-12-6-9-5-10-12/h5-6H,2-4,8H2,1H3. The largest absolute Gasteiger partial charge is 0.343 e. The Morgan fingerprint density at radius 3 is 3.00 bits per heavy atom. The quantitative estimate of drug-likeness (QED) is 0.629. The summed E-state index contributed by atoms with van der Waals surface area (Å²) in [5.74, 6) is -0.0693. The van der Waals surface area contributed by atoms with Crippen molar-refractivity contribution in [2.75, 3.05) is 20.1 Å². The summed E-state index contributed by atoms with van der Waals surface area (Å²) in [4.78, 5) is 16.4. The molecule has 0 radical (unpaired) electrons. The predicted octanol–water partition coefficient (Wildman–Crippen LogP) is -1.30. The van der Waals surface area contributed by atoms with Crippen LogP contribution in [0.1, 0.15) is 0 Å². The van der Waals surface area contributed by atoms with E-state index in [2.05, 4.69) is 10.1 Å². The van der Waals surface area contributed by atoms with Crippen molar-refractivity contribution in [3.8, 4) is 0 Å². The second-order valence-corrected chi connectivity index (χ2v) is 2.68. The Balaban J connectivity index is 2.30. The molecule has 1 amide bonds. The third kappa shape index (κ3) is 2.83. The summed E-state index contributed by atoms with van der Waals surface area (Å²) in [6.07, 6.45) is 3.07. The topological polar surface area (TPSA) is 77.0 Å². The molecule has 1 aromatic rings. The lowest BCUT2D eigenvalue weighted by Gasteiger charge is -2.15. The molecule has 0 fully saturated rings. The van der Waals surface area contributed by atoms with Crippen LogP contribution < -0.4 is 5.73 Å². The van der Waals surface area contributed by atoms with Crippen LogP contribution in [-0.4, -0.2) is 45.7 Å². The summed E-state index contributed by atoms with van der Waals surface area (Å²) >= 11 is 0. The van der Waals surface area contributed by atoms with E-state index in [0.29, 0.717) is 13.1 Å². The second kappa shape index (κ2) is 4.56. The summed E-state index contributed by atoms with van der Waals surface area (Å²) < 4.78 is 1.67. The molecule has 6 heteroatoms. The average molecular weight is 183 g/mol. The van der Waals surface area contributed by atoms with Crippen LogP contribution in [0.3, 0.4) is 0 Å². The fourth-order valence-electron chi connectivity index (χ4n) is 0.881. The van der Waals surface area contributed by atoms with E-state index >= 15 is 0 Å². The van der Waals surface area contributed by atoms with Crippen LogP contribution in [0, 0.1) is 0 Å². The van der Waals surface area contributed by atoms with Gasteiger partial charge in [-0.3, -0.25) is 9.48 Å². The first kappa shape index (κ1) is 9.66. The van der Waals surface area contributed by atoms with E-state index in [1.54, 1.807) is 23.0 Å². The lowest BCUT2D eigenvalue weighted by Crippen LogP contribution is -2.34. The number of carbonyl (C=O) groups excluding carboxylic acids is 1.